The van der Waals surface area contributed by atoms with Crippen LogP contribution in [0.1, 0.15) is 43.8 Å². The van der Waals surface area contributed by atoms with E-state index in [1.807, 2.05) is 0 Å². The molecule has 1 aliphatic carbocycles. The van der Waals surface area contributed by atoms with Crippen molar-refractivity contribution in [2.75, 3.05) is 26.8 Å². The third-order valence-corrected chi connectivity index (χ3v) is 3.81. The van der Waals surface area contributed by atoms with E-state index in [0.717, 1.165) is 25.7 Å². The molecule has 0 spiro atoms. The van der Waals surface area contributed by atoms with E-state index in [4.69, 9.17) is 9.26 Å². The van der Waals surface area contributed by atoms with Gasteiger partial charge in [-0.2, -0.15) is 4.98 Å². The van der Waals surface area contributed by atoms with Crippen molar-refractivity contribution >= 4 is 5.91 Å². The standard InChI is InChI=1S/C14H24N4O3/c1-11-16-13(18-21-11)14(6-4-3-5-7-14)17-12(19)10-15-8-9-20-2/h15H,3-10H2,1-2H3,(H,17,19). The number of aryl methyl sites for hydroxylation is 1. The highest BCUT2D eigenvalue weighted by atomic mass is 16.5. The Labute approximate surface area is 124 Å². The first-order valence-corrected chi connectivity index (χ1v) is 7.48. The lowest BCUT2D eigenvalue weighted by molar-refractivity contribution is -0.123. The molecule has 1 aliphatic rings. The van der Waals surface area contributed by atoms with Gasteiger partial charge in [-0.15, -0.1) is 0 Å². The lowest BCUT2D eigenvalue weighted by Crippen LogP contribution is -2.50. The average molecular weight is 296 g/mol. The lowest BCUT2D eigenvalue weighted by atomic mass is 9.81. The van der Waals surface area contributed by atoms with Gasteiger partial charge in [-0.3, -0.25) is 4.79 Å². The molecule has 1 heterocycles. The molecular weight excluding hydrogens is 272 g/mol. The van der Waals surface area contributed by atoms with Gasteiger partial charge in [0.05, 0.1) is 13.2 Å². The predicted molar refractivity (Wildman–Crippen MR) is 76.7 cm³/mol. The first-order valence-electron chi connectivity index (χ1n) is 7.48. The summed E-state index contributed by atoms with van der Waals surface area (Å²) in [5, 5.41) is 10.2. The zero-order chi connectivity index (χ0) is 15.1. The molecule has 1 aromatic rings. The number of nitrogens with one attached hydrogen (secondary N) is 2. The molecule has 7 heteroatoms. The minimum absolute atomic E-state index is 0.0459. The Morgan fingerprint density at radius 2 is 2.14 bits per heavy atom. The number of rotatable bonds is 7. The van der Waals surface area contributed by atoms with Crippen molar-refractivity contribution in [3.05, 3.63) is 11.7 Å². The predicted octanol–water partition coefficient (Wildman–Crippen LogP) is 0.890. The van der Waals surface area contributed by atoms with Gasteiger partial charge >= 0.3 is 0 Å². The molecule has 7 nitrogen and oxygen atoms in total. The van der Waals surface area contributed by atoms with Gasteiger partial charge < -0.3 is 19.9 Å². The van der Waals surface area contributed by atoms with Crippen molar-refractivity contribution < 1.29 is 14.1 Å². The molecule has 0 aromatic carbocycles. The van der Waals surface area contributed by atoms with Crippen molar-refractivity contribution in [1.82, 2.24) is 20.8 Å². The molecule has 0 atom stereocenters. The van der Waals surface area contributed by atoms with Crippen LogP contribution in [0.3, 0.4) is 0 Å². The summed E-state index contributed by atoms with van der Waals surface area (Å²) in [5.41, 5.74) is -0.476. The molecule has 21 heavy (non-hydrogen) atoms. The minimum atomic E-state index is -0.476. The average Bonchev–Trinajstić information content (AvgIpc) is 2.92. The van der Waals surface area contributed by atoms with Crippen LogP contribution >= 0.6 is 0 Å². The van der Waals surface area contributed by atoms with Gasteiger partial charge in [0.25, 0.3) is 0 Å². The van der Waals surface area contributed by atoms with Crippen molar-refractivity contribution in [2.24, 2.45) is 0 Å². The molecular formula is C14H24N4O3. The molecule has 1 amide bonds. The highest BCUT2D eigenvalue weighted by Gasteiger charge is 2.39. The zero-order valence-electron chi connectivity index (χ0n) is 12.8. The van der Waals surface area contributed by atoms with Gasteiger partial charge in [0.15, 0.2) is 5.82 Å². The molecule has 1 fully saturated rings. The fraction of sp³-hybridized carbons (Fsp3) is 0.786. The van der Waals surface area contributed by atoms with Crippen LogP contribution in [0.25, 0.3) is 0 Å². The Morgan fingerprint density at radius 1 is 1.38 bits per heavy atom. The summed E-state index contributed by atoms with van der Waals surface area (Å²) in [7, 11) is 1.64. The van der Waals surface area contributed by atoms with E-state index in [1.54, 1.807) is 14.0 Å². The van der Waals surface area contributed by atoms with E-state index >= 15 is 0 Å². The van der Waals surface area contributed by atoms with Crippen LogP contribution in [0.4, 0.5) is 0 Å². The van der Waals surface area contributed by atoms with Gasteiger partial charge in [0, 0.05) is 20.6 Å². The normalized spacial score (nSPS) is 17.6. The number of carbonyl (C=O) groups excluding carboxylic acids is 1. The number of hydrogen-bond donors (Lipinski definition) is 2. The molecule has 2 rings (SSSR count). The summed E-state index contributed by atoms with van der Waals surface area (Å²) in [6, 6.07) is 0. The highest BCUT2D eigenvalue weighted by molar-refractivity contribution is 5.79. The monoisotopic (exact) mass is 296 g/mol. The third kappa shape index (κ3) is 4.25. The summed E-state index contributed by atoms with van der Waals surface area (Å²) < 4.78 is 10.0. The second-order valence-electron chi connectivity index (χ2n) is 5.50. The maximum atomic E-state index is 12.2. The van der Waals surface area contributed by atoms with Crippen LogP contribution in [0.2, 0.25) is 0 Å². The van der Waals surface area contributed by atoms with E-state index in [0.29, 0.717) is 24.9 Å². The molecule has 0 aliphatic heterocycles. The number of methoxy groups -OCH3 is 1. The summed E-state index contributed by atoms with van der Waals surface area (Å²) in [4.78, 5) is 16.5. The molecule has 0 bridgehead atoms. The Hall–Kier alpha value is -1.47. The van der Waals surface area contributed by atoms with Gasteiger partial charge in [0.2, 0.25) is 11.8 Å². The van der Waals surface area contributed by atoms with Crippen molar-refractivity contribution in [3.8, 4) is 0 Å². The SMILES string of the molecule is COCCNCC(=O)NC1(c2noc(C)n2)CCCCC1. The third-order valence-electron chi connectivity index (χ3n) is 3.81. The highest BCUT2D eigenvalue weighted by Crippen LogP contribution is 2.35. The fourth-order valence-corrected chi connectivity index (χ4v) is 2.74. The van der Waals surface area contributed by atoms with E-state index in [1.165, 1.54) is 6.42 Å². The van der Waals surface area contributed by atoms with Gasteiger partial charge in [-0.1, -0.05) is 24.4 Å². The van der Waals surface area contributed by atoms with E-state index in [-0.39, 0.29) is 12.5 Å². The number of carbonyl (C=O) groups is 1. The number of nitrogens with zero attached hydrogens (tertiary/aromatic N) is 2. The molecule has 0 unspecified atom stereocenters. The molecule has 1 aromatic heterocycles. The van der Waals surface area contributed by atoms with Crippen LogP contribution in [0, 0.1) is 6.92 Å². The first-order chi connectivity index (χ1) is 10.2. The lowest BCUT2D eigenvalue weighted by Gasteiger charge is -2.35. The van der Waals surface area contributed by atoms with Crippen molar-refractivity contribution in [1.29, 1.82) is 0 Å². The second-order valence-corrected chi connectivity index (χ2v) is 5.50. The Bertz CT molecular complexity index is 455. The molecule has 118 valence electrons. The number of hydrogen-bond acceptors (Lipinski definition) is 6. The van der Waals surface area contributed by atoms with Gasteiger partial charge in [-0.05, 0) is 12.8 Å². The Morgan fingerprint density at radius 3 is 2.76 bits per heavy atom. The Balaban J connectivity index is 1.98. The summed E-state index contributed by atoms with van der Waals surface area (Å²) >= 11 is 0. The van der Waals surface area contributed by atoms with E-state index in [9.17, 15) is 4.79 Å². The number of aromatic nitrogens is 2. The maximum absolute atomic E-state index is 12.2. The smallest absolute Gasteiger partial charge is 0.234 e. The Kier molecular flexibility index (Phi) is 5.69. The van der Waals surface area contributed by atoms with Crippen LogP contribution < -0.4 is 10.6 Å². The van der Waals surface area contributed by atoms with Crippen LogP contribution in [-0.2, 0) is 15.1 Å². The van der Waals surface area contributed by atoms with Crippen molar-refractivity contribution in [2.45, 2.75) is 44.6 Å². The number of amides is 1. The molecule has 2 N–H and O–H groups in total. The maximum Gasteiger partial charge on any atom is 0.234 e. The summed E-state index contributed by atoms with van der Waals surface area (Å²) in [5.74, 6) is 1.09. The molecule has 0 radical (unpaired) electrons. The van der Waals surface area contributed by atoms with Crippen LogP contribution in [0.15, 0.2) is 4.52 Å². The zero-order valence-corrected chi connectivity index (χ0v) is 12.8. The minimum Gasteiger partial charge on any atom is -0.383 e. The van der Waals surface area contributed by atoms with Gasteiger partial charge in [-0.25, -0.2) is 0 Å². The fourth-order valence-electron chi connectivity index (χ4n) is 2.74. The second kappa shape index (κ2) is 7.51. The molecule has 0 saturated heterocycles. The van der Waals surface area contributed by atoms with E-state index in [2.05, 4.69) is 20.8 Å². The van der Waals surface area contributed by atoms with Crippen LogP contribution in [0.5, 0.6) is 0 Å². The summed E-state index contributed by atoms with van der Waals surface area (Å²) in [6.45, 7) is 3.27. The van der Waals surface area contributed by atoms with Crippen LogP contribution in [-0.4, -0.2) is 42.9 Å². The summed E-state index contributed by atoms with van der Waals surface area (Å²) in [6.07, 6.45) is 5.02. The van der Waals surface area contributed by atoms with Gasteiger partial charge in [0.1, 0.15) is 5.54 Å². The number of ether oxygens (including phenoxy) is 1. The largest absolute Gasteiger partial charge is 0.383 e. The topological polar surface area (TPSA) is 89.3 Å². The van der Waals surface area contributed by atoms with Crippen molar-refractivity contribution in [3.63, 3.8) is 0 Å². The van der Waals surface area contributed by atoms with E-state index < -0.39 is 5.54 Å². The quantitative estimate of drug-likeness (QED) is 0.726. The molecule has 1 saturated carbocycles. The first kappa shape index (κ1) is 15.9.